The Hall–Kier alpha value is -1.78. The number of carboxylic acids is 1. The fourth-order valence-electron chi connectivity index (χ4n) is 1.52. The van der Waals surface area contributed by atoms with Gasteiger partial charge >= 0.3 is 5.97 Å². The van der Waals surface area contributed by atoms with Gasteiger partial charge in [-0.2, -0.15) is 0 Å². The molecule has 5 nitrogen and oxygen atoms in total. The Morgan fingerprint density at radius 3 is 2.75 bits per heavy atom. The zero-order valence-electron chi connectivity index (χ0n) is 9.43. The number of carboxylic acid groups (broad SMARTS) is 1. The zero-order chi connectivity index (χ0) is 12.1. The Labute approximate surface area is 94.1 Å². The predicted molar refractivity (Wildman–Crippen MR) is 58.7 cm³/mol. The van der Waals surface area contributed by atoms with E-state index in [0.717, 1.165) is 5.69 Å². The van der Waals surface area contributed by atoms with Gasteiger partial charge in [0.2, 0.25) is 5.91 Å². The van der Waals surface area contributed by atoms with E-state index in [9.17, 15) is 9.59 Å². The highest BCUT2D eigenvalue weighted by atomic mass is 16.4. The number of rotatable bonds is 5. The molecule has 0 spiro atoms. The fourth-order valence-corrected chi connectivity index (χ4v) is 1.52. The summed E-state index contributed by atoms with van der Waals surface area (Å²) >= 11 is 0. The van der Waals surface area contributed by atoms with E-state index in [0.29, 0.717) is 6.54 Å². The first-order chi connectivity index (χ1) is 7.50. The van der Waals surface area contributed by atoms with Crippen molar-refractivity contribution < 1.29 is 14.7 Å². The van der Waals surface area contributed by atoms with Gasteiger partial charge in [-0.3, -0.25) is 9.59 Å². The predicted octanol–water partition coefficient (Wildman–Crippen LogP) is 1.08. The Morgan fingerprint density at radius 2 is 2.25 bits per heavy atom. The second-order valence-electron chi connectivity index (χ2n) is 3.89. The number of aromatic nitrogens is 1. The molecule has 1 atom stereocenters. The molecule has 1 rings (SSSR count). The van der Waals surface area contributed by atoms with Crippen molar-refractivity contribution in [2.75, 3.05) is 7.05 Å². The van der Waals surface area contributed by atoms with Crippen LogP contribution in [0.25, 0.3) is 0 Å². The second-order valence-corrected chi connectivity index (χ2v) is 3.89. The number of nitrogens with zero attached hydrogens (tertiary/aromatic N) is 1. The third-order valence-electron chi connectivity index (χ3n) is 2.35. The summed E-state index contributed by atoms with van der Waals surface area (Å²) < 4.78 is 0. The molecule has 1 aromatic rings. The summed E-state index contributed by atoms with van der Waals surface area (Å²) in [6, 6.07) is 3.74. The number of carbonyl (C=O) groups excluding carboxylic acids is 1. The van der Waals surface area contributed by atoms with Crippen LogP contribution < -0.4 is 0 Å². The van der Waals surface area contributed by atoms with Crippen LogP contribution >= 0.6 is 0 Å². The van der Waals surface area contributed by atoms with Crippen LogP contribution in [0.5, 0.6) is 0 Å². The lowest BCUT2D eigenvalue weighted by Crippen LogP contribution is -2.32. The van der Waals surface area contributed by atoms with Gasteiger partial charge in [-0.25, -0.2) is 0 Å². The van der Waals surface area contributed by atoms with Crippen LogP contribution in [0.4, 0.5) is 0 Å². The Morgan fingerprint density at radius 1 is 1.56 bits per heavy atom. The number of H-pyrrole nitrogens is 1. The standard InChI is InChI=1S/C11H16N2O3/c1-8(6-10(14)15)11(16)13(2)7-9-4-3-5-12-9/h3-5,8,12H,6-7H2,1-2H3,(H,14,15). The Balaban J connectivity index is 2.50. The second kappa shape index (κ2) is 5.34. The smallest absolute Gasteiger partial charge is 0.304 e. The number of carbonyl (C=O) groups is 2. The van der Waals surface area contributed by atoms with Crippen LogP contribution in [0.15, 0.2) is 18.3 Å². The van der Waals surface area contributed by atoms with Crippen LogP contribution in [-0.4, -0.2) is 33.9 Å². The van der Waals surface area contributed by atoms with Gasteiger partial charge in [0.15, 0.2) is 0 Å². The minimum absolute atomic E-state index is 0.131. The first kappa shape index (κ1) is 12.3. The van der Waals surface area contributed by atoms with Gasteiger partial charge in [-0.15, -0.1) is 0 Å². The van der Waals surface area contributed by atoms with Crippen molar-refractivity contribution in [3.8, 4) is 0 Å². The van der Waals surface area contributed by atoms with E-state index >= 15 is 0 Å². The fraction of sp³-hybridized carbons (Fsp3) is 0.455. The number of amides is 1. The van der Waals surface area contributed by atoms with E-state index in [1.807, 2.05) is 12.1 Å². The first-order valence-electron chi connectivity index (χ1n) is 5.09. The van der Waals surface area contributed by atoms with Gasteiger partial charge in [-0.05, 0) is 12.1 Å². The molecule has 0 aliphatic rings. The third kappa shape index (κ3) is 3.42. The normalized spacial score (nSPS) is 12.1. The zero-order valence-corrected chi connectivity index (χ0v) is 9.43. The quantitative estimate of drug-likeness (QED) is 0.786. The largest absolute Gasteiger partial charge is 0.481 e. The summed E-state index contributed by atoms with van der Waals surface area (Å²) in [5.41, 5.74) is 0.929. The van der Waals surface area contributed by atoms with Crippen LogP contribution in [-0.2, 0) is 16.1 Å². The van der Waals surface area contributed by atoms with Crippen molar-refractivity contribution >= 4 is 11.9 Å². The molecule has 0 saturated carbocycles. The highest BCUT2D eigenvalue weighted by Crippen LogP contribution is 2.08. The van der Waals surface area contributed by atoms with Crippen LogP contribution in [0, 0.1) is 5.92 Å². The van der Waals surface area contributed by atoms with Crippen molar-refractivity contribution in [2.24, 2.45) is 5.92 Å². The third-order valence-corrected chi connectivity index (χ3v) is 2.35. The molecule has 16 heavy (non-hydrogen) atoms. The van der Waals surface area contributed by atoms with Crippen molar-refractivity contribution in [1.82, 2.24) is 9.88 Å². The first-order valence-corrected chi connectivity index (χ1v) is 5.09. The van der Waals surface area contributed by atoms with Gasteiger partial charge in [0.05, 0.1) is 13.0 Å². The molecule has 5 heteroatoms. The maximum atomic E-state index is 11.8. The molecule has 0 aromatic carbocycles. The number of aliphatic carboxylic acids is 1. The lowest BCUT2D eigenvalue weighted by molar-refractivity contribution is -0.143. The molecule has 88 valence electrons. The molecule has 0 saturated heterocycles. The molecule has 1 heterocycles. The molecule has 0 aliphatic heterocycles. The van der Waals surface area contributed by atoms with Crippen molar-refractivity contribution in [1.29, 1.82) is 0 Å². The van der Waals surface area contributed by atoms with E-state index in [2.05, 4.69) is 4.98 Å². The van der Waals surface area contributed by atoms with E-state index in [1.165, 1.54) is 4.90 Å². The van der Waals surface area contributed by atoms with E-state index in [1.54, 1.807) is 20.2 Å². The topological polar surface area (TPSA) is 73.4 Å². The number of hydrogen-bond acceptors (Lipinski definition) is 2. The van der Waals surface area contributed by atoms with Crippen molar-refractivity contribution in [2.45, 2.75) is 19.9 Å². The van der Waals surface area contributed by atoms with E-state index in [-0.39, 0.29) is 12.3 Å². The molecule has 0 radical (unpaired) electrons. The average Bonchev–Trinajstić information content (AvgIpc) is 2.68. The molecule has 2 N–H and O–H groups in total. The molecular weight excluding hydrogens is 208 g/mol. The lowest BCUT2D eigenvalue weighted by atomic mass is 10.1. The highest BCUT2D eigenvalue weighted by Gasteiger charge is 2.20. The Bertz CT molecular complexity index is 359. The van der Waals surface area contributed by atoms with Crippen LogP contribution in [0.1, 0.15) is 19.0 Å². The van der Waals surface area contributed by atoms with Gasteiger partial charge in [0, 0.05) is 24.9 Å². The number of hydrogen-bond donors (Lipinski definition) is 2. The molecular formula is C11H16N2O3. The van der Waals surface area contributed by atoms with Gasteiger partial charge < -0.3 is 15.0 Å². The SMILES string of the molecule is CC(CC(=O)O)C(=O)N(C)Cc1ccc[nH]1. The van der Waals surface area contributed by atoms with Gasteiger partial charge in [0.1, 0.15) is 0 Å². The maximum Gasteiger partial charge on any atom is 0.304 e. The summed E-state index contributed by atoms with van der Waals surface area (Å²) in [5.74, 6) is -1.59. The number of aromatic amines is 1. The monoisotopic (exact) mass is 224 g/mol. The Kier molecular flexibility index (Phi) is 4.10. The average molecular weight is 224 g/mol. The molecule has 0 bridgehead atoms. The van der Waals surface area contributed by atoms with E-state index in [4.69, 9.17) is 5.11 Å². The molecule has 1 unspecified atom stereocenters. The summed E-state index contributed by atoms with van der Waals surface area (Å²) in [7, 11) is 1.67. The van der Waals surface area contributed by atoms with Gasteiger partial charge in [-0.1, -0.05) is 6.92 Å². The summed E-state index contributed by atoms with van der Waals surface area (Å²) in [6.45, 7) is 2.09. The molecule has 1 aromatic heterocycles. The van der Waals surface area contributed by atoms with E-state index < -0.39 is 11.9 Å². The molecule has 1 amide bonds. The van der Waals surface area contributed by atoms with Gasteiger partial charge in [0.25, 0.3) is 0 Å². The van der Waals surface area contributed by atoms with Crippen LogP contribution in [0.3, 0.4) is 0 Å². The lowest BCUT2D eigenvalue weighted by Gasteiger charge is -2.19. The molecule has 0 aliphatic carbocycles. The maximum absolute atomic E-state index is 11.8. The molecule has 0 fully saturated rings. The van der Waals surface area contributed by atoms with Crippen molar-refractivity contribution in [3.05, 3.63) is 24.0 Å². The minimum atomic E-state index is -0.950. The highest BCUT2D eigenvalue weighted by molar-refractivity contribution is 5.82. The van der Waals surface area contributed by atoms with Crippen molar-refractivity contribution in [3.63, 3.8) is 0 Å². The summed E-state index contributed by atoms with van der Waals surface area (Å²) in [4.78, 5) is 26.7. The van der Waals surface area contributed by atoms with Crippen LogP contribution in [0.2, 0.25) is 0 Å². The number of nitrogens with one attached hydrogen (secondary N) is 1. The summed E-state index contributed by atoms with van der Waals surface area (Å²) in [6.07, 6.45) is 1.65. The minimum Gasteiger partial charge on any atom is -0.481 e. The summed E-state index contributed by atoms with van der Waals surface area (Å²) in [5, 5.41) is 8.59.